The van der Waals surface area contributed by atoms with Gasteiger partial charge in [0.15, 0.2) is 0 Å². The van der Waals surface area contributed by atoms with Crippen LogP contribution in [0.4, 0.5) is 0 Å². The van der Waals surface area contributed by atoms with Gasteiger partial charge in [0.2, 0.25) is 0 Å². The molecule has 0 amide bonds. The van der Waals surface area contributed by atoms with Crippen molar-refractivity contribution in [1.82, 2.24) is 0 Å². The fourth-order valence-electron chi connectivity index (χ4n) is 1.34. The van der Waals surface area contributed by atoms with E-state index in [0.29, 0.717) is 5.57 Å². The lowest BCUT2D eigenvalue weighted by molar-refractivity contribution is -0.132. The van der Waals surface area contributed by atoms with Crippen LogP contribution < -0.4 is 0 Å². The third-order valence-electron chi connectivity index (χ3n) is 2.26. The summed E-state index contributed by atoms with van der Waals surface area (Å²) in [6.07, 6.45) is 10.0. The number of allylic oxidation sites excluding steroid dienone is 8. The van der Waals surface area contributed by atoms with Crippen LogP contribution in [0.3, 0.4) is 0 Å². The minimum atomic E-state index is -0.893. The molecule has 0 fully saturated rings. The van der Waals surface area contributed by atoms with Crippen molar-refractivity contribution < 1.29 is 9.90 Å². The van der Waals surface area contributed by atoms with Crippen LogP contribution in [0, 0.1) is 0 Å². The Morgan fingerprint density at radius 1 is 1.11 bits per heavy atom. The molecule has 0 rings (SSSR count). The second-order valence-electron chi connectivity index (χ2n) is 4.54. The van der Waals surface area contributed by atoms with E-state index in [1.165, 1.54) is 11.1 Å². The van der Waals surface area contributed by atoms with Crippen molar-refractivity contribution in [3.8, 4) is 0 Å². The number of hydrogen-bond acceptors (Lipinski definition) is 1. The van der Waals surface area contributed by atoms with Gasteiger partial charge in [-0.3, -0.25) is 0 Å². The Morgan fingerprint density at radius 2 is 1.72 bits per heavy atom. The Bertz CT molecular complexity index is 428. The van der Waals surface area contributed by atoms with Crippen LogP contribution >= 0.6 is 0 Å². The molecule has 0 heterocycles. The predicted molar refractivity (Wildman–Crippen MR) is 77.5 cm³/mol. The lowest BCUT2D eigenvalue weighted by Gasteiger charge is -2.03. The van der Waals surface area contributed by atoms with Crippen LogP contribution in [-0.2, 0) is 4.79 Å². The topological polar surface area (TPSA) is 37.3 Å². The minimum absolute atomic E-state index is 0.332. The Labute approximate surface area is 110 Å². The first-order valence-corrected chi connectivity index (χ1v) is 5.90. The summed E-state index contributed by atoms with van der Waals surface area (Å²) < 4.78 is 0. The van der Waals surface area contributed by atoms with Crippen molar-refractivity contribution >= 4 is 5.97 Å². The summed E-state index contributed by atoms with van der Waals surface area (Å²) in [6.45, 7) is 11.4. The largest absolute Gasteiger partial charge is 0.478 e. The number of rotatable bonds is 6. The summed E-state index contributed by atoms with van der Waals surface area (Å²) >= 11 is 0. The molecule has 2 heteroatoms. The van der Waals surface area contributed by atoms with Crippen molar-refractivity contribution in [3.63, 3.8) is 0 Å². The summed E-state index contributed by atoms with van der Waals surface area (Å²) in [7, 11) is 0. The molecule has 0 radical (unpaired) electrons. The van der Waals surface area contributed by atoms with E-state index in [2.05, 4.69) is 18.7 Å². The van der Waals surface area contributed by atoms with Crippen LogP contribution in [0.5, 0.6) is 0 Å². The summed E-state index contributed by atoms with van der Waals surface area (Å²) in [5, 5.41) is 8.86. The molecule has 0 unspecified atom stereocenters. The van der Waals surface area contributed by atoms with E-state index in [0.717, 1.165) is 12.0 Å². The SMILES string of the molecule is C=C/C=C(\C=C(/C)C(=O)O)C/C(C)=C/C=C(C)C. The van der Waals surface area contributed by atoms with Gasteiger partial charge in [-0.25, -0.2) is 4.79 Å². The Balaban J connectivity index is 4.98. The van der Waals surface area contributed by atoms with Crippen molar-refractivity contribution in [1.29, 1.82) is 0 Å². The number of aliphatic carboxylic acids is 1. The minimum Gasteiger partial charge on any atom is -0.478 e. The van der Waals surface area contributed by atoms with Gasteiger partial charge >= 0.3 is 5.97 Å². The van der Waals surface area contributed by atoms with Crippen LogP contribution in [0.1, 0.15) is 34.1 Å². The third-order valence-corrected chi connectivity index (χ3v) is 2.26. The van der Waals surface area contributed by atoms with Crippen molar-refractivity contribution in [2.75, 3.05) is 0 Å². The highest BCUT2D eigenvalue weighted by Crippen LogP contribution is 2.14. The Kier molecular flexibility index (Phi) is 7.45. The fourth-order valence-corrected chi connectivity index (χ4v) is 1.34. The highest BCUT2D eigenvalue weighted by molar-refractivity contribution is 5.86. The molecule has 0 aliphatic rings. The van der Waals surface area contributed by atoms with E-state index in [1.54, 1.807) is 19.1 Å². The standard InChI is InChI=1S/C16H22O2/c1-6-7-15(11-14(5)16(17)18)10-13(4)9-8-12(2)3/h6-9,11H,1,10H2,2-5H3,(H,17,18)/b13-9+,14-11+,15-7-. The van der Waals surface area contributed by atoms with Gasteiger partial charge < -0.3 is 5.11 Å². The second-order valence-corrected chi connectivity index (χ2v) is 4.54. The van der Waals surface area contributed by atoms with E-state index in [-0.39, 0.29) is 0 Å². The molecule has 0 aromatic heterocycles. The Morgan fingerprint density at radius 3 is 2.17 bits per heavy atom. The molecule has 0 bridgehead atoms. The number of carboxylic acids is 1. The molecule has 98 valence electrons. The highest BCUT2D eigenvalue weighted by atomic mass is 16.4. The molecule has 1 N–H and O–H groups in total. The second kappa shape index (κ2) is 8.29. The zero-order valence-electron chi connectivity index (χ0n) is 11.7. The Hall–Kier alpha value is -1.83. The summed E-state index contributed by atoms with van der Waals surface area (Å²) in [5.74, 6) is -0.893. The van der Waals surface area contributed by atoms with Crippen LogP contribution in [-0.4, -0.2) is 11.1 Å². The van der Waals surface area contributed by atoms with Gasteiger partial charge in [-0.1, -0.05) is 42.0 Å². The lowest BCUT2D eigenvalue weighted by Crippen LogP contribution is -1.97. The first-order chi connectivity index (χ1) is 8.36. The molecule has 0 aromatic carbocycles. The van der Waals surface area contributed by atoms with Gasteiger partial charge in [-0.2, -0.15) is 0 Å². The van der Waals surface area contributed by atoms with Gasteiger partial charge in [-0.15, -0.1) is 0 Å². The molecule has 0 saturated heterocycles. The number of carbonyl (C=O) groups is 1. The monoisotopic (exact) mass is 246 g/mol. The molecule has 0 spiro atoms. The third kappa shape index (κ3) is 7.44. The number of carboxylic acid groups (broad SMARTS) is 1. The van der Waals surface area contributed by atoms with E-state index in [1.807, 2.05) is 26.8 Å². The molecule has 18 heavy (non-hydrogen) atoms. The van der Waals surface area contributed by atoms with Gasteiger partial charge in [-0.05, 0) is 45.8 Å². The van der Waals surface area contributed by atoms with Crippen molar-refractivity contribution in [3.05, 3.63) is 59.3 Å². The van der Waals surface area contributed by atoms with Crippen molar-refractivity contribution in [2.45, 2.75) is 34.1 Å². The fraction of sp³-hybridized carbons (Fsp3) is 0.312. The van der Waals surface area contributed by atoms with Gasteiger partial charge in [0.05, 0.1) is 0 Å². The molecular formula is C16H22O2. The molecule has 0 aliphatic carbocycles. The maximum Gasteiger partial charge on any atom is 0.331 e. The van der Waals surface area contributed by atoms with Crippen LogP contribution in [0.2, 0.25) is 0 Å². The summed E-state index contributed by atoms with van der Waals surface area (Å²) in [5.41, 5.74) is 3.69. The predicted octanol–water partition coefficient (Wildman–Crippen LogP) is 4.43. The summed E-state index contributed by atoms with van der Waals surface area (Å²) in [6, 6.07) is 0. The maximum absolute atomic E-state index is 10.8. The van der Waals surface area contributed by atoms with Crippen LogP contribution in [0.15, 0.2) is 59.3 Å². The molecule has 0 aromatic rings. The molecule has 0 aliphatic heterocycles. The molecule has 0 atom stereocenters. The number of hydrogen-bond donors (Lipinski definition) is 1. The van der Waals surface area contributed by atoms with Gasteiger partial charge in [0, 0.05) is 5.57 Å². The first kappa shape index (κ1) is 16.2. The average Bonchev–Trinajstić information content (AvgIpc) is 2.26. The smallest absolute Gasteiger partial charge is 0.331 e. The lowest BCUT2D eigenvalue weighted by atomic mass is 10.0. The quantitative estimate of drug-likeness (QED) is 0.556. The molecule has 2 nitrogen and oxygen atoms in total. The first-order valence-electron chi connectivity index (χ1n) is 5.90. The maximum atomic E-state index is 10.8. The van der Waals surface area contributed by atoms with E-state index >= 15 is 0 Å². The van der Waals surface area contributed by atoms with Gasteiger partial charge in [0.1, 0.15) is 0 Å². The highest BCUT2D eigenvalue weighted by Gasteiger charge is 2.02. The van der Waals surface area contributed by atoms with E-state index < -0.39 is 5.97 Å². The van der Waals surface area contributed by atoms with Crippen molar-refractivity contribution in [2.24, 2.45) is 0 Å². The van der Waals surface area contributed by atoms with Gasteiger partial charge in [0.25, 0.3) is 0 Å². The average molecular weight is 246 g/mol. The normalized spacial score (nSPS) is 13.2. The van der Waals surface area contributed by atoms with Crippen LogP contribution in [0.25, 0.3) is 0 Å². The summed E-state index contributed by atoms with van der Waals surface area (Å²) in [4.78, 5) is 10.8. The van der Waals surface area contributed by atoms with E-state index in [4.69, 9.17) is 5.11 Å². The molecule has 0 saturated carbocycles. The zero-order valence-corrected chi connectivity index (χ0v) is 11.7. The van der Waals surface area contributed by atoms with E-state index in [9.17, 15) is 4.79 Å². The zero-order chi connectivity index (χ0) is 14.1. The molecular weight excluding hydrogens is 224 g/mol.